The molecule has 23 heavy (non-hydrogen) atoms. The SMILES string of the molecule is CCCCOc1ccc(CC[C@H]2CC[C@H](C#CC#N)CC2)cc1. The summed E-state index contributed by atoms with van der Waals surface area (Å²) in [5.74, 6) is 7.88. The van der Waals surface area contributed by atoms with E-state index in [1.54, 1.807) is 0 Å². The van der Waals surface area contributed by atoms with Crippen LogP contribution in [0.2, 0.25) is 0 Å². The quantitative estimate of drug-likeness (QED) is 0.516. The Kier molecular flexibility index (Phi) is 7.55. The van der Waals surface area contributed by atoms with Gasteiger partial charge < -0.3 is 4.74 Å². The standard InChI is InChI=1S/C21H27NO/c1-2-3-17-23-21-14-12-20(13-15-21)11-10-19-8-6-18(7-9-19)5-4-16-22/h12-15,18-19H,2-3,6-11,17H2,1H3/t18-,19-. The molecule has 2 rings (SSSR count). The van der Waals surface area contributed by atoms with Crippen LogP contribution >= 0.6 is 0 Å². The van der Waals surface area contributed by atoms with Crippen molar-refractivity contribution < 1.29 is 4.74 Å². The molecule has 1 saturated carbocycles. The number of aryl methyl sites for hydroxylation is 1. The lowest BCUT2D eigenvalue weighted by Gasteiger charge is -2.25. The zero-order valence-electron chi connectivity index (χ0n) is 14.2. The van der Waals surface area contributed by atoms with Crippen molar-refractivity contribution in [1.82, 2.24) is 0 Å². The van der Waals surface area contributed by atoms with E-state index in [9.17, 15) is 0 Å². The van der Waals surface area contributed by atoms with Crippen molar-refractivity contribution >= 4 is 0 Å². The maximum absolute atomic E-state index is 8.51. The van der Waals surface area contributed by atoms with Crippen LogP contribution in [-0.2, 0) is 6.42 Å². The fourth-order valence-electron chi connectivity index (χ4n) is 3.19. The predicted octanol–water partition coefficient (Wildman–Crippen LogP) is 5.13. The van der Waals surface area contributed by atoms with Crippen molar-refractivity contribution in [2.45, 2.75) is 58.3 Å². The normalized spacial score (nSPS) is 20.2. The smallest absolute Gasteiger partial charge is 0.152 e. The van der Waals surface area contributed by atoms with E-state index in [1.165, 1.54) is 31.2 Å². The van der Waals surface area contributed by atoms with Gasteiger partial charge in [-0.25, -0.2) is 0 Å². The van der Waals surface area contributed by atoms with Gasteiger partial charge in [-0.1, -0.05) is 31.4 Å². The molecule has 1 fully saturated rings. The van der Waals surface area contributed by atoms with E-state index in [1.807, 2.05) is 6.07 Å². The van der Waals surface area contributed by atoms with Crippen molar-refractivity contribution in [3.8, 4) is 23.7 Å². The van der Waals surface area contributed by atoms with Crippen molar-refractivity contribution in [2.75, 3.05) is 6.61 Å². The van der Waals surface area contributed by atoms with Gasteiger partial charge in [-0.15, -0.1) is 0 Å². The van der Waals surface area contributed by atoms with Gasteiger partial charge in [-0.3, -0.25) is 0 Å². The Bertz CT molecular complexity index is 550. The molecular formula is C21H27NO. The summed E-state index contributed by atoms with van der Waals surface area (Å²) in [6.07, 6.45) is 9.51. The van der Waals surface area contributed by atoms with Gasteiger partial charge in [-0.05, 0) is 68.6 Å². The molecule has 0 amide bonds. The van der Waals surface area contributed by atoms with Gasteiger partial charge in [0.25, 0.3) is 0 Å². The van der Waals surface area contributed by atoms with Gasteiger partial charge >= 0.3 is 0 Å². The van der Waals surface area contributed by atoms with Crippen LogP contribution in [0.3, 0.4) is 0 Å². The summed E-state index contributed by atoms with van der Waals surface area (Å²) in [7, 11) is 0. The molecule has 0 spiro atoms. The summed E-state index contributed by atoms with van der Waals surface area (Å²) in [5.41, 5.74) is 1.40. The summed E-state index contributed by atoms with van der Waals surface area (Å²) in [6.45, 7) is 2.99. The number of ether oxygens (including phenoxy) is 1. The molecule has 0 bridgehead atoms. The van der Waals surface area contributed by atoms with Gasteiger partial charge in [0, 0.05) is 11.8 Å². The second kappa shape index (κ2) is 9.96. The molecule has 1 aliphatic rings. The number of nitriles is 1. The van der Waals surface area contributed by atoms with Gasteiger partial charge in [0.05, 0.1) is 6.61 Å². The molecule has 1 aromatic carbocycles. The Balaban J connectivity index is 1.69. The van der Waals surface area contributed by atoms with Crippen LogP contribution in [0.4, 0.5) is 0 Å². The molecule has 0 heterocycles. The topological polar surface area (TPSA) is 33.0 Å². The lowest BCUT2D eigenvalue weighted by molar-refractivity contribution is 0.301. The average molecular weight is 309 g/mol. The molecule has 1 aliphatic carbocycles. The van der Waals surface area contributed by atoms with Crippen LogP contribution in [0.5, 0.6) is 5.75 Å². The van der Waals surface area contributed by atoms with Gasteiger partial charge in [0.2, 0.25) is 0 Å². The van der Waals surface area contributed by atoms with Crippen LogP contribution in [0.1, 0.15) is 57.4 Å². The van der Waals surface area contributed by atoms with E-state index < -0.39 is 0 Å². The zero-order valence-corrected chi connectivity index (χ0v) is 14.2. The number of unbranched alkanes of at least 4 members (excludes halogenated alkanes) is 1. The highest BCUT2D eigenvalue weighted by atomic mass is 16.5. The molecule has 0 radical (unpaired) electrons. The molecule has 122 valence electrons. The van der Waals surface area contributed by atoms with Gasteiger partial charge in [-0.2, -0.15) is 5.26 Å². The van der Waals surface area contributed by atoms with Crippen molar-refractivity contribution in [1.29, 1.82) is 5.26 Å². The van der Waals surface area contributed by atoms with E-state index >= 15 is 0 Å². The van der Waals surface area contributed by atoms with Crippen molar-refractivity contribution in [3.05, 3.63) is 29.8 Å². The van der Waals surface area contributed by atoms with E-state index in [0.29, 0.717) is 5.92 Å². The fourth-order valence-corrected chi connectivity index (χ4v) is 3.19. The molecule has 0 aromatic heterocycles. The first-order valence-electron chi connectivity index (χ1n) is 8.93. The van der Waals surface area contributed by atoms with E-state index in [-0.39, 0.29) is 0 Å². The van der Waals surface area contributed by atoms with Crippen molar-refractivity contribution in [2.24, 2.45) is 11.8 Å². The third kappa shape index (κ3) is 6.37. The molecular weight excluding hydrogens is 282 g/mol. The number of nitrogens with zero attached hydrogens (tertiary/aromatic N) is 1. The summed E-state index contributed by atoms with van der Waals surface area (Å²) < 4.78 is 5.70. The third-order valence-electron chi connectivity index (χ3n) is 4.71. The molecule has 0 aliphatic heterocycles. The van der Waals surface area contributed by atoms with Gasteiger partial charge in [0.1, 0.15) is 5.75 Å². The first-order chi connectivity index (χ1) is 11.3. The average Bonchev–Trinajstić information content (AvgIpc) is 2.60. The molecule has 2 heteroatoms. The minimum atomic E-state index is 0.449. The van der Waals surface area contributed by atoms with E-state index in [0.717, 1.165) is 44.0 Å². The highest BCUT2D eigenvalue weighted by Gasteiger charge is 2.19. The van der Waals surface area contributed by atoms with Crippen LogP contribution in [0, 0.1) is 35.0 Å². The molecule has 2 nitrogen and oxygen atoms in total. The van der Waals surface area contributed by atoms with Crippen LogP contribution < -0.4 is 4.74 Å². The first-order valence-corrected chi connectivity index (χ1v) is 8.93. The van der Waals surface area contributed by atoms with Crippen molar-refractivity contribution in [3.63, 3.8) is 0 Å². The molecule has 1 aromatic rings. The zero-order chi connectivity index (χ0) is 16.3. The molecule has 0 atom stereocenters. The van der Waals surface area contributed by atoms with E-state index in [2.05, 4.69) is 43.0 Å². The molecule has 0 N–H and O–H groups in total. The Morgan fingerprint density at radius 2 is 1.87 bits per heavy atom. The largest absolute Gasteiger partial charge is 0.494 e. The number of benzene rings is 1. The highest BCUT2D eigenvalue weighted by Crippen LogP contribution is 2.31. The summed E-state index contributed by atoms with van der Waals surface area (Å²) in [5, 5.41) is 8.51. The van der Waals surface area contributed by atoms with E-state index in [4.69, 9.17) is 10.00 Å². The van der Waals surface area contributed by atoms with Crippen LogP contribution in [0.25, 0.3) is 0 Å². The fraction of sp³-hybridized carbons (Fsp3) is 0.571. The second-order valence-electron chi connectivity index (χ2n) is 6.48. The number of hydrogen-bond donors (Lipinski definition) is 0. The second-order valence-corrected chi connectivity index (χ2v) is 6.48. The minimum Gasteiger partial charge on any atom is -0.494 e. The van der Waals surface area contributed by atoms with Crippen LogP contribution in [0.15, 0.2) is 24.3 Å². The Labute approximate surface area is 140 Å². The summed E-state index contributed by atoms with van der Waals surface area (Å²) in [6, 6.07) is 10.5. The number of hydrogen-bond acceptors (Lipinski definition) is 2. The number of rotatable bonds is 7. The Morgan fingerprint density at radius 3 is 2.52 bits per heavy atom. The van der Waals surface area contributed by atoms with Crippen LogP contribution in [-0.4, -0.2) is 6.61 Å². The maximum Gasteiger partial charge on any atom is 0.152 e. The predicted molar refractivity (Wildman–Crippen MR) is 94.0 cm³/mol. The monoisotopic (exact) mass is 309 g/mol. The molecule has 0 saturated heterocycles. The summed E-state index contributed by atoms with van der Waals surface area (Å²) in [4.78, 5) is 0. The first kappa shape index (κ1) is 17.4. The molecule has 0 unspecified atom stereocenters. The Hall–Kier alpha value is -1.93. The summed E-state index contributed by atoms with van der Waals surface area (Å²) >= 11 is 0. The third-order valence-corrected chi connectivity index (χ3v) is 4.71. The highest BCUT2D eigenvalue weighted by molar-refractivity contribution is 5.27. The maximum atomic E-state index is 8.51. The Morgan fingerprint density at radius 1 is 1.13 bits per heavy atom. The minimum absolute atomic E-state index is 0.449. The van der Waals surface area contributed by atoms with Gasteiger partial charge in [0.15, 0.2) is 6.07 Å². The lowest BCUT2D eigenvalue weighted by atomic mass is 9.80. The lowest BCUT2D eigenvalue weighted by Crippen LogP contribution is -2.14.